The number of hydrogen-bond acceptors (Lipinski definition) is 4. The van der Waals surface area contributed by atoms with Crippen molar-refractivity contribution in [1.29, 1.82) is 0 Å². The number of hydrogen-bond donors (Lipinski definition) is 0. The van der Waals surface area contributed by atoms with E-state index in [2.05, 4.69) is 48.4 Å². The van der Waals surface area contributed by atoms with Gasteiger partial charge in [-0.25, -0.2) is 19.9 Å². The van der Waals surface area contributed by atoms with Gasteiger partial charge in [0.05, 0.1) is 0 Å². The van der Waals surface area contributed by atoms with Gasteiger partial charge in [-0.2, -0.15) is 0 Å². The van der Waals surface area contributed by atoms with Crippen LogP contribution in [0.3, 0.4) is 0 Å². The van der Waals surface area contributed by atoms with Gasteiger partial charge in [0.25, 0.3) is 3.70 Å². The average molecular weight is 312 g/mol. The topological polar surface area (TPSA) is 54.0 Å². The van der Waals surface area contributed by atoms with Crippen molar-refractivity contribution in [1.82, 2.24) is 15.0 Å². The fourth-order valence-corrected chi connectivity index (χ4v) is 1.57. The summed E-state index contributed by atoms with van der Waals surface area (Å²) in [5.74, 6) is 3.58. The van der Waals surface area contributed by atoms with Crippen LogP contribution in [0.2, 0.25) is 0 Å². The van der Waals surface area contributed by atoms with Crippen LogP contribution in [0.1, 0.15) is 5.82 Å². The SMILES string of the molecule is C[N+]1=C=CN=CC(c2ncncn2)=C1I. The largest absolute Gasteiger partial charge is 0.262 e. The number of rotatable bonds is 1. The van der Waals surface area contributed by atoms with Crippen molar-refractivity contribution in [2.24, 2.45) is 4.99 Å². The molecule has 0 amide bonds. The van der Waals surface area contributed by atoms with Crippen molar-refractivity contribution in [3.8, 4) is 0 Å². The van der Waals surface area contributed by atoms with Crippen molar-refractivity contribution >= 4 is 40.2 Å². The first-order valence-corrected chi connectivity index (χ1v) is 5.24. The molecule has 2 heterocycles. The van der Waals surface area contributed by atoms with Gasteiger partial charge in [0.1, 0.15) is 31.5 Å². The van der Waals surface area contributed by atoms with Crippen molar-refractivity contribution in [3.05, 3.63) is 28.4 Å². The predicted octanol–water partition coefficient (Wildman–Crippen LogP) is 0.885. The van der Waals surface area contributed by atoms with Crippen molar-refractivity contribution in [3.63, 3.8) is 0 Å². The van der Waals surface area contributed by atoms with Crippen LogP contribution in [-0.2, 0) is 0 Å². The summed E-state index contributed by atoms with van der Waals surface area (Å²) in [5, 5.41) is 0. The number of aromatic nitrogens is 3. The summed E-state index contributed by atoms with van der Waals surface area (Å²) in [5.41, 5.74) is 0.863. The van der Waals surface area contributed by atoms with E-state index in [0.717, 1.165) is 9.28 Å². The van der Waals surface area contributed by atoms with Gasteiger partial charge in [-0.1, -0.05) is 0 Å². The molecule has 1 aliphatic rings. The van der Waals surface area contributed by atoms with E-state index in [-0.39, 0.29) is 0 Å². The molecule has 0 aromatic carbocycles. The Kier molecular flexibility index (Phi) is 2.98. The van der Waals surface area contributed by atoms with Crippen LogP contribution in [-0.4, -0.2) is 38.7 Å². The fourth-order valence-electron chi connectivity index (χ4n) is 1.05. The van der Waals surface area contributed by atoms with Gasteiger partial charge in [-0.3, -0.25) is 0 Å². The molecule has 74 valence electrons. The van der Waals surface area contributed by atoms with E-state index >= 15 is 0 Å². The van der Waals surface area contributed by atoms with Crippen LogP contribution in [0, 0.1) is 0 Å². The highest BCUT2D eigenvalue weighted by atomic mass is 127. The normalized spacial score (nSPS) is 15.2. The summed E-state index contributed by atoms with van der Waals surface area (Å²) in [6.45, 7) is 0. The van der Waals surface area contributed by atoms with Gasteiger partial charge in [0.2, 0.25) is 0 Å². The first-order valence-electron chi connectivity index (χ1n) is 4.16. The zero-order valence-corrected chi connectivity index (χ0v) is 10.1. The van der Waals surface area contributed by atoms with Crippen molar-refractivity contribution in [2.75, 3.05) is 7.05 Å². The molecule has 1 aliphatic heterocycles. The summed E-state index contributed by atoms with van der Waals surface area (Å²) in [4.78, 5) is 16.0. The molecule has 1 aromatic heterocycles. The van der Waals surface area contributed by atoms with Gasteiger partial charge < -0.3 is 0 Å². The van der Waals surface area contributed by atoms with Gasteiger partial charge in [0, 0.05) is 28.8 Å². The lowest BCUT2D eigenvalue weighted by Gasteiger charge is -1.97. The van der Waals surface area contributed by atoms with Crippen LogP contribution < -0.4 is 0 Å². The third-order valence-electron chi connectivity index (χ3n) is 1.78. The Labute approximate surface area is 100 Å². The number of allylic oxidation sites excluding steroid dienone is 1. The minimum atomic E-state index is 0.613. The van der Waals surface area contributed by atoms with Crippen LogP contribution in [0.25, 0.3) is 5.57 Å². The number of nitrogens with zero attached hydrogens (tertiary/aromatic N) is 5. The van der Waals surface area contributed by atoms with E-state index in [1.54, 1.807) is 12.4 Å². The Morgan fingerprint density at radius 2 is 2.07 bits per heavy atom. The Hall–Kier alpha value is -1.40. The smallest absolute Gasteiger partial charge is 0.249 e. The van der Waals surface area contributed by atoms with Gasteiger partial charge >= 0.3 is 0 Å². The molecule has 0 atom stereocenters. The zero-order chi connectivity index (χ0) is 10.7. The standard InChI is InChI=1S/C9H7IN5/c1-15-3-2-11-4-7(8(15)10)9-13-5-12-6-14-9/h2,4-6H,1H3/q+1. The minimum Gasteiger partial charge on any atom is -0.249 e. The lowest BCUT2D eigenvalue weighted by molar-refractivity contribution is -0.416. The molecule has 5 nitrogen and oxygen atoms in total. The third kappa shape index (κ3) is 2.16. The summed E-state index contributed by atoms with van der Waals surface area (Å²) >= 11 is 2.20. The van der Waals surface area contributed by atoms with Crippen LogP contribution in [0.4, 0.5) is 0 Å². The second-order valence-electron chi connectivity index (χ2n) is 2.76. The molecule has 0 spiro atoms. The lowest BCUT2D eigenvalue weighted by Crippen LogP contribution is -2.03. The summed E-state index contributed by atoms with van der Waals surface area (Å²) in [7, 11) is 1.90. The van der Waals surface area contributed by atoms with E-state index in [0.29, 0.717) is 5.82 Å². The average Bonchev–Trinajstić information content (AvgIpc) is 2.44. The Morgan fingerprint density at radius 1 is 1.33 bits per heavy atom. The highest BCUT2D eigenvalue weighted by Crippen LogP contribution is 2.19. The van der Waals surface area contributed by atoms with Crippen LogP contribution >= 0.6 is 22.6 Å². The molecule has 0 bridgehead atoms. The summed E-state index contributed by atoms with van der Waals surface area (Å²) in [6.07, 6.45) is 6.25. The fraction of sp³-hybridized carbons (Fsp3) is 0.111. The highest BCUT2D eigenvalue weighted by Gasteiger charge is 2.16. The quantitative estimate of drug-likeness (QED) is 0.439. The minimum absolute atomic E-state index is 0.613. The van der Waals surface area contributed by atoms with Crippen LogP contribution in [0.15, 0.2) is 27.6 Å². The molecule has 0 radical (unpaired) electrons. The molecule has 0 saturated carbocycles. The van der Waals surface area contributed by atoms with E-state index in [9.17, 15) is 0 Å². The van der Waals surface area contributed by atoms with E-state index < -0.39 is 0 Å². The Balaban J connectivity index is 2.56. The summed E-state index contributed by atoms with van der Waals surface area (Å²) < 4.78 is 2.81. The van der Waals surface area contributed by atoms with E-state index in [1.807, 2.05) is 11.6 Å². The maximum absolute atomic E-state index is 4.08. The third-order valence-corrected chi connectivity index (χ3v) is 3.09. The molecule has 2 rings (SSSR count). The zero-order valence-electron chi connectivity index (χ0n) is 7.92. The molecular weight excluding hydrogens is 305 g/mol. The molecule has 0 N–H and O–H groups in total. The first kappa shape index (κ1) is 10.1. The molecule has 0 aliphatic carbocycles. The number of aliphatic imine (C=N–C) groups is 1. The monoisotopic (exact) mass is 312 g/mol. The molecule has 0 unspecified atom stereocenters. The molecule has 15 heavy (non-hydrogen) atoms. The van der Waals surface area contributed by atoms with Gasteiger partial charge in [-0.15, -0.1) is 4.58 Å². The second-order valence-corrected chi connectivity index (χ2v) is 3.78. The summed E-state index contributed by atoms with van der Waals surface area (Å²) in [6, 6.07) is 0. The van der Waals surface area contributed by atoms with Crippen LogP contribution in [0.5, 0.6) is 0 Å². The van der Waals surface area contributed by atoms with E-state index in [1.165, 1.54) is 12.7 Å². The molecule has 1 aromatic rings. The Bertz CT molecular complexity index is 496. The molecule has 6 heteroatoms. The first-order chi connectivity index (χ1) is 7.29. The molecule has 0 saturated heterocycles. The maximum atomic E-state index is 4.08. The highest BCUT2D eigenvalue weighted by molar-refractivity contribution is 14.1. The van der Waals surface area contributed by atoms with Crippen molar-refractivity contribution < 1.29 is 4.58 Å². The van der Waals surface area contributed by atoms with Gasteiger partial charge in [0.15, 0.2) is 11.7 Å². The maximum Gasteiger partial charge on any atom is 0.262 e. The van der Waals surface area contributed by atoms with E-state index in [4.69, 9.17) is 0 Å². The van der Waals surface area contributed by atoms with Crippen molar-refractivity contribution in [2.45, 2.75) is 0 Å². The molecule has 0 fully saturated rings. The second kappa shape index (κ2) is 4.41. The Morgan fingerprint density at radius 3 is 2.80 bits per heavy atom. The number of halogens is 1. The van der Waals surface area contributed by atoms with Gasteiger partial charge in [-0.05, 0) is 0 Å². The predicted molar refractivity (Wildman–Crippen MR) is 65.0 cm³/mol. The molecular formula is C9H7IN5+. The lowest BCUT2D eigenvalue weighted by atomic mass is 10.3.